The summed E-state index contributed by atoms with van der Waals surface area (Å²) in [6, 6.07) is 15.0. The summed E-state index contributed by atoms with van der Waals surface area (Å²) in [5, 5.41) is 2.85. The minimum Gasteiger partial charge on any atom is -0.322 e. The summed E-state index contributed by atoms with van der Waals surface area (Å²) in [6.07, 6.45) is 0. The first-order valence-electron chi connectivity index (χ1n) is 4.99. The van der Waals surface area contributed by atoms with Gasteiger partial charge >= 0.3 is 0 Å². The van der Waals surface area contributed by atoms with E-state index in [0.717, 1.165) is 13.7 Å². The lowest BCUT2D eigenvalue weighted by Gasteiger charge is -2.07. The monoisotopic (exact) mass is 401 g/mol. The number of carbonyl (C=O) groups is 1. The van der Waals surface area contributed by atoms with Crippen molar-refractivity contribution in [1.82, 2.24) is 0 Å². The van der Waals surface area contributed by atoms with Gasteiger partial charge in [-0.2, -0.15) is 0 Å². The van der Waals surface area contributed by atoms with Gasteiger partial charge in [0.2, 0.25) is 0 Å². The molecule has 86 valence electrons. The molecule has 0 atom stereocenters. The Morgan fingerprint density at radius 2 is 1.76 bits per heavy atom. The summed E-state index contributed by atoms with van der Waals surface area (Å²) in [5.74, 6) is -0.110. The molecule has 0 saturated heterocycles. The summed E-state index contributed by atoms with van der Waals surface area (Å²) in [5.41, 5.74) is 1.43. The SMILES string of the molecule is O=C(Nc1ccccc1)c1cccc(I)c1Br. The largest absolute Gasteiger partial charge is 0.322 e. The number of anilines is 1. The van der Waals surface area contributed by atoms with Crippen LogP contribution in [-0.4, -0.2) is 5.91 Å². The maximum absolute atomic E-state index is 12.0. The van der Waals surface area contributed by atoms with E-state index in [4.69, 9.17) is 0 Å². The van der Waals surface area contributed by atoms with Gasteiger partial charge in [0.05, 0.1) is 5.56 Å². The zero-order valence-electron chi connectivity index (χ0n) is 8.78. The highest BCUT2D eigenvalue weighted by atomic mass is 127. The normalized spacial score (nSPS) is 10.0. The van der Waals surface area contributed by atoms with Crippen LogP contribution in [-0.2, 0) is 0 Å². The lowest BCUT2D eigenvalue weighted by Crippen LogP contribution is -2.12. The molecule has 0 aliphatic carbocycles. The van der Waals surface area contributed by atoms with Gasteiger partial charge in [0.1, 0.15) is 0 Å². The first-order valence-corrected chi connectivity index (χ1v) is 6.86. The van der Waals surface area contributed by atoms with Crippen LogP contribution in [0.25, 0.3) is 0 Å². The van der Waals surface area contributed by atoms with Crippen molar-refractivity contribution >= 4 is 50.1 Å². The highest BCUT2D eigenvalue weighted by Gasteiger charge is 2.11. The van der Waals surface area contributed by atoms with Crippen LogP contribution in [0.3, 0.4) is 0 Å². The van der Waals surface area contributed by atoms with Crippen LogP contribution in [0.4, 0.5) is 5.69 Å². The van der Waals surface area contributed by atoms with Crippen molar-refractivity contribution in [2.24, 2.45) is 0 Å². The van der Waals surface area contributed by atoms with Gasteiger partial charge in [-0.25, -0.2) is 0 Å². The summed E-state index contributed by atoms with van der Waals surface area (Å²) < 4.78 is 1.84. The number of halogens is 2. The lowest BCUT2D eigenvalue weighted by molar-refractivity contribution is 0.102. The van der Waals surface area contributed by atoms with E-state index in [1.54, 1.807) is 6.07 Å². The molecule has 1 amide bonds. The van der Waals surface area contributed by atoms with Gasteiger partial charge in [-0.1, -0.05) is 24.3 Å². The number of hydrogen-bond acceptors (Lipinski definition) is 1. The van der Waals surface area contributed by atoms with E-state index < -0.39 is 0 Å². The minimum atomic E-state index is -0.110. The standard InChI is InChI=1S/C13H9BrINO/c14-12-10(7-4-8-11(12)15)13(17)16-9-5-2-1-3-6-9/h1-8H,(H,16,17). The second kappa shape index (κ2) is 5.64. The molecule has 0 radical (unpaired) electrons. The van der Waals surface area contributed by atoms with E-state index in [9.17, 15) is 4.79 Å². The molecule has 17 heavy (non-hydrogen) atoms. The summed E-state index contributed by atoms with van der Waals surface area (Å²) in [4.78, 5) is 12.0. The van der Waals surface area contributed by atoms with E-state index in [-0.39, 0.29) is 5.91 Å². The maximum Gasteiger partial charge on any atom is 0.256 e. The molecule has 0 aliphatic rings. The Morgan fingerprint density at radius 1 is 1.06 bits per heavy atom. The number of amides is 1. The van der Waals surface area contributed by atoms with Crippen molar-refractivity contribution in [2.45, 2.75) is 0 Å². The van der Waals surface area contributed by atoms with Gasteiger partial charge in [0, 0.05) is 13.7 Å². The molecule has 4 heteroatoms. The second-order valence-corrected chi connectivity index (χ2v) is 5.38. The molecule has 0 heterocycles. The van der Waals surface area contributed by atoms with Crippen molar-refractivity contribution < 1.29 is 4.79 Å². The van der Waals surface area contributed by atoms with E-state index in [1.165, 1.54) is 0 Å². The Bertz CT molecular complexity index is 542. The first kappa shape index (κ1) is 12.6. The zero-order chi connectivity index (χ0) is 12.3. The average molecular weight is 402 g/mol. The molecule has 1 N–H and O–H groups in total. The predicted octanol–water partition coefficient (Wildman–Crippen LogP) is 4.31. The van der Waals surface area contributed by atoms with Crippen LogP contribution in [0.1, 0.15) is 10.4 Å². The molecule has 2 rings (SSSR count). The van der Waals surface area contributed by atoms with Crippen molar-refractivity contribution in [2.75, 3.05) is 5.32 Å². The molecule has 0 fully saturated rings. The van der Waals surface area contributed by atoms with Crippen molar-refractivity contribution in [3.05, 3.63) is 62.1 Å². The molecule has 0 bridgehead atoms. The highest BCUT2D eigenvalue weighted by molar-refractivity contribution is 14.1. The van der Waals surface area contributed by atoms with Crippen LogP contribution in [0.2, 0.25) is 0 Å². The number of para-hydroxylation sites is 1. The molecule has 0 aromatic heterocycles. The van der Waals surface area contributed by atoms with Crippen LogP contribution in [0.15, 0.2) is 53.0 Å². The fraction of sp³-hybridized carbons (Fsp3) is 0. The van der Waals surface area contributed by atoms with Gasteiger partial charge in [0.25, 0.3) is 5.91 Å². The fourth-order valence-electron chi connectivity index (χ4n) is 1.40. The molecule has 0 unspecified atom stereocenters. The molecule has 0 spiro atoms. The molecule has 0 saturated carbocycles. The van der Waals surface area contributed by atoms with Gasteiger partial charge in [-0.15, -0.1) is 0 Å². The minimum absolute atomic E-state index is 0.110. The van der Waals surface area contributed by atoms with Crippen molar-refractivity contribution in [3.63, 3.8) is 0 Å². The van der Waals surface area contributed by atoms with E-state index in [1.807, 2.05) is 42.5 Å². The fourth-order valence-corrected chi connectivity index (χ4v) is 2.34. The number of benzene rings is 2. The van der Waals surface area contributed by atoms with Crippen molar-refractivity contribution in [3.8, 4) is 0 Å². The number of nitrogens with one attached hydrogen (secondary N) is 1. The third-order valence-corrected chi connectivity index (χ3v) is 4.72. The summed E-state index contributed by atoms with van der Waals surface area (Å²) >= 11 is 5.61. The Kier molecular flexibility index (Phi) is 4.17. The quantitative estimate of drug-likeness (QED) is 0.746. The number of hydrogen-bond donors (Lipinski definition) is 1. The molecule has 2 nitrogen and oxygen atoms in total. The van der Waals surface area contributed by atoms with Gasteiger partial charge in [-0.3, -0.25) is 4.79 Å². The average Bonchev–Trinajstić information content (AvgIpc) is 2.34. The zero-order valence-corrected chi connectivity index (χ0v) is 12.5. The van der Waals surface area contributed by atoms with Crippen molar-refractivity contribution in [1.29, 1.82) is 0 Å². The molecule has 2 aromatic rings. The Balaban J connectivity index is 2.24. The van der Waals surface area contributed by atoms with E-state index in [0.29, 0.717) is 5.56 Å². The van der Waals surface area contributed by atoms with Crippen LogP contribution in [0.5, 0.6) is 0 Å². The van der Waals surface area contributed by atoms with Gasteiger partial charge in [0.15, 0.2) is 0 Å². The van der Waals surface area contributed by atoms with Crippen LogP contribution in [0, 0.1) is 3.57 Å². The Hall–Kier alpha value is -0.880. The summed E-state index contributed by atoms with van der Waals surface area (Å²) in [6.45, 7) is 0. The molecule has 2 aromatic carbocycles. The predicted molar refractivity (Wildman–Crippen MR) is 81.3 cm³/mol. The number of rotatable bonds is 2. The molecular weight excluding hydrogens is 393 g/mol. The summed E-state index contributed by atoms with van der Waals surface area (Å²) in [7, 11) is 0. The Morgan fingerprint density at radius 3 is 2.47 bits per heavy atom. The van der Waals surface area contributed by atoms with Crippen LogP contribution >= 0.6 is 38.5 Å². The second-order valence-electron chi connectivity index (χ2n) is 3.42. The van der Waals surface area contributed by atoms with Crippen LogP contribution < -0.4 is 5.32 Å². The Labute approximate surface area is 122 Å². The maximum atomic E-state index is 12.0. The van der Waals surface area contributed by atoms with Gasteiger partial charge < -0.3 is 5.32 Å². The third kappa shape index (κ3) is 3.07. The third-order valence-electron chi connectivity index (χ3n) is 2.23. The first-order chi connectivity index (χ1) is 8.18. The lowest BCUT2D eigenvalue weighted by atomic mass is 10.2. The highest BCUT2D eigenvalue weighted by Crippen LogP contribution is 2.24. The smallest absolute Gasteiger partial charge is 0.256 e. The number of carbonyl (C=O) groups excluding carboxylic acids is 1. The van der Waals surface area contributed by atoms with E-state index >= 15 is 0 Å². The molecular formula is C13H9BrINO. The topological polar surface area (TPSA) is 29.1 Å². The van der Waals surface area contributed by atoms with Gasteiger partial charge in [-0.05, 0) is 62.8 Å². The van der Waals surface area contributed by atoms with E-state index in [2.05, 4.69) is 43.8 Å². The molecule has 0 aliphatic heterocycles.